The van der Waals surface area contributed by atoms with E-state index in [2.05, 4.69) is 36.4 Å². The predicted octanol–water partition coefficient (Wildman–Crippen LogP) is 5.54. The number of alkyl halides is 3. The van der Waals surface area contributed by atoms with E-state index in [9.17, 15) is 13.2 Å². The molecule has 30 heavy (non-hydrogen) atoms. The summed E-state index contributed by atoms with van der Waals surface area (Å²) in [5.74, 6) is 1.52. The highest BCUT2D eigenvalue weighted by atomic mass is 79.9. The Kier molecular flexibility index (Phi) is 5.81. The molecule has 0 radical (unpaired) electrons. The van der Waals surface area contributed by atoms with Gasteiger partial charge in [0.2, 0.25) is 0 Å². The van der Waals surface area contributed by atoms with Gasteiger partial charge in [-0.15, -0.1) is 10.2 Å². The van der Waals surface area contributed by atoms with Gasteiger partial charge in [0.05, 0.1) is 17.8 Å². The van der Waals surface area contributed by atoms with Crippen molar-refractivity contribution < 1.29 is 13.2 Å². The van der Waals surface area contributed by atoms with E-state index in [1.807, 2.05) is 35.9 Å². The molecule has 1 N–H and O–H groups in total. The Hall–Kier alpha value is -2.42. The molecule has 4 rings (SSSR count). The topological polar surface area (TPSA) is 55.6 Å². The highest BCUT2D eigenvalue weighted by Gasteiger charge is 2.35. The third-order valence-corrected chi connectivity index (χ3v) is 6.03. The summed E-state index contributed by atoms with van der Waals surface area (Å²) in [7, 11) is 1.93. The number of aryl methyl sites for hydroxylation is 1. The molecule has 2 heterocycles. The molecular formula is C21H21BrF3N5. The summed E-state index contributed by atoms with van der Waals surface area (Å²) in [6, 6.07) is 8.86. The third kappa shape index (κ3) is 4.35. The minimum Gasteiger partial charge on any atom is -0.379 e. The molecule has 1 fully saturated rings. The summed E-state index contributed by atoms with van der Waals surface area (Å²) in [5.41, 5.74) is 1.05. The van der Waals surface area contributed by atoms with Crippen LogP contribution in [0.1, 0.15) is 47.8 Å². The quantitative estimate of drug-likeness (QED) is 0.504. The number of aromatic nitrogens is 4. The van der Waals surface area contributed by atoms with Crippen molar-refractivity contribution in [3.63, 3.8) is 0 Å². The third-order valence-electron chi connectivity index (χ3n) is 5.59. The second-order valence-electron chi connectivity index (χ2n) is 7.59. The lowest BCUT2D eigenvalue weighted by Gasteiger charge is -2.33. The molecule has 1 aliphatic carbocycles. The molecule has 0 saturated heterocycles. The average Bonchev–Trinajstić information content (AvgIpc) is 3.08. The van der Waals surface area contributed by atoms with Crippen LogP contribution in [0.4, 0.5) is 18.9 Å². The van der Waals surface area contributed by atoms with Crippen molar-refractivity contribution in [3.05, 3.63) is 70.0 Å². The van der Waals surface area contributed by atoms with Crippen LogP contribution in [-0.4, -0.2) is 19.7 Å². The minimum absolute atomic E-state index is 0.0242. The molecule has 0 aliphatic heterocycles. The highest BCUT2D eigenvalue weighted by Crippen LogP contribution is 2.43. The Morgan fingerprint density at radius 2 is 2.07 bits per heavy atom. The molecule has 1 aliphatic rings. The average molecular weight is 480 g/mol. The highest BCUT2D eigenvalue weighted by molar-refractivity contribution is 9.10. The second-order valence-corrected chi connectivity index (χ2v) is 8.51. The van der Waals surface area contributed by atoms with Gasteiger partial charge in [-0.25, -0.2) is 0 Å². The Balaban J connectivity index is 1.58. The van der Waals surface area contributed by atoms with E-state index in [0.29, 0.717) is 10.4 Å². The monoisotopic (exact) mass is 479 g/mol. The maximum absolute atomic E-state index is 13.3. The molecule has 158 valence electrons. The van der Waals surface area contributed by atoms with E-state index >= 15 is 0 Å². The zero-order chi connectivity index (χ0) is 21.3. The molecule has 0 bridgehead atoms. The van der Waals surface area contributed by atoms with Crippen molar-refractivity contribution in [1.82, 2.24) is 19.7 Å². The van der Waals surface area contributed by atoms with Crippen LogP contribution in [0, 0.1) is 5.92 Å². The first-order valence-electron chi connectivity index (χ1n) is 9.72. The summed E-state index contributed by atoms with van der Waals surface area (Å²) >= 11 is 3.06. The largest absolute Gasteiger partial charge is 0.418 e. The number of rotatable bonds is 6. The van der Waals surface area contributed by atoms with Gasteiger partial charge in [-0.2, -0.15) is 13.2 Å². The number of nitrogens with one attached hydrogen (secondary N) is 1. The lowest BCUT2D eigenvalue weighted by Crippen LogP contribution is -2.24. The summed E-state index contributed by atoms with van der Waals surface area (Å²) in [6.07, 6.45) is 2.08. The lowest BCUT2D eigenvalue weighted by molar-refractivity contribution is -0.138. The zero-order valence-corrected chi connectivity index (χ0v) is 17.9. The van der Waals surface area contributed by atoms with Gasteiger partial charge in [0.1, 0.15) is 12.2 Å². The van der Waals surface area contributed by atoms with E-state index in [0.717, 1.165) is 36.0 Å². The summed E-state index contributed by atoms with van der Waals surface area (Å²) in [4.78, 5) is 3.97. The normalized spacial score (nSPS) is 15.6. The van der Waals surface area contributed by atoms with Gasteiger partial charge >= 0.3 is 6.18 Å². The molecule has 0 amide bonds. The van der Waals surface area contributed by atoms with E-state index in [-0.39, 0.29) is 18.2 Å². The number of nitrogens with zero attached hydrogens (tertiary/aromatic N) is 4. The first-order chi connectivity index (χ1) is 14.3. The van der Waals surface area contributed by atoms with E-state index in [1.165, 1.54) is 12.6 Å². The van der Waals surface area contributed by atoms with Crippen LogP contribution in [0.15, 0.2) is 47.3 Å². The van der Waals surface area contributed by atoms with Crippen LogP contribution < -0.4 is 5.32 Å². The summed E-state index contributed by atoms with van der Waals surface area (Å²) in [6.45, 7) is -0.0242. The molecule has 1 atom stereocenters. The lowest BCUT2D eigenvalue weighted by atomic mass is 9.72. The van der Waals surface area contributed by atoms with Gasteiger partial charge in [-0.3, -0.25) is 4.98 Å². The predicted molar refractivity (Wildman–Crippen MR) is 111 cm³/mol. The van der Waals surface area contributed by atoms with Gasteiger partial charge in [0.15, 0.2) is 0 Å². The van der Waals surface area contributed by atoms with Crippen LogP contribution in [0.3, 0.4) is 0 Å². The van der Waals surface area contributed by atoms with Crippen LogP contribution in [-0.2, 0) is 19.8 Å². The molecule has 1 unspecified atom stereocenters. The van der Waals surface area contributed by atoms with Crippen LogP contribution >= 0.6 is 15.9 Å². The first-order valence-corrected chi connectivity index (χ1v) is 10.5. The van der Waals surface area contributed by atoms with E-state index < -0.39 is 11.7 Å². The molecule has 1 saturated carbocycles. The smallest absolute Gasteiger partial charge is 0.379 e. The molecule has 1 aromatic carbocycles. The molecule has 9 heteroatoms. The number of hydrogen-bond donors (Lipinski definition) is 1. The van der Waals surface area contributed by atoms with Crippen molar-refractivity contribution >= 4 is 21.6 Å². The Labute approximate surface area is 180 Å². The zero-order valence-electron chi connectivity index (χ0n) is 16.3. The summed E-state index contributed by atoms with van der Waals surface area (Å²) in [5, 5.41) is 11.4. The van der Waals surface area contributed by atoms with Crippen LogP contribution in [0.2, 0.25) is 0 Å². The van der Waals surface area contributed by atoms with Crippen molar-refractivity contribution in [3.8, 4) is 0 Å². The van der Waals surface area contributed by atoms with Crippen LogP contribution in [0.25, 0.3) is 0 Å². The maximum Gasteiger partial charge on any atom is 0.418 e. The molecule has 0 spiro atoms. The van der Waals surface area contributed by atoms with Crippen molar-refractivity contribution in [1.29, 1.82) is 0 Å². The van der Waals surface area contributed by atoms with Crippen LogP contribution in [0.5, 0.6) is 0 Å². The van der Waals surface area contributed by atoms with Gasteiger partial charge in [0, 0.05) is 29.3 Å². The Morgan fingerprint density at radius 3 is 2.70 bits per heavy atom. The molecular weight excluding hydrogens is 459 g/mol. The number of anilines is 1. The standard InChI is InChI=1S/C21H21BrF3N5/c1-30-12-28-29-20(30)19(13-4-2-5-13)14-6-3-7-16(8-14)26-11-18-17(21(23,24)25)9-15(22)10-27-18/h3,6-10,12-13,19,26H,2,4-5,11H2,1H3. The Morgan fingerprint density at radius 1 is 1.27 bits per heavy atom. The van der Waals surface area contributed by atoms with Crippen molar-refractivity contribution in [2.45, 2.75) is 37.9 Å². The van der Waals surface area contributed by atoms with Gasteiger partial charge < -0.3 is 9.88 Å². The molecule has 5 nitrogen and oxygen atoms in total. The SMILES string of the molecule is Cn1cnnc1C(c1cccc(NCc2ncc(Br)cc2C(F)(F)F)c1)C1CCC1. The van der Waals surface area contributed by atoms with Gasteiger partial charge in [0.25, 0.3) is 0 Å². The second kappa shape index (κ2) is 8.37. The molecule has 2 aromatic heterocycles. The number of halogens is 4. The van der Waals surface area contributed by atoms with Crippen molar-refractivity contribution in [2.24, 2.45) is 13.0 Å². The molecule has 3 aromatic rings. The fraction of sp³-hybridized carbons (Fsp3) is 0.381. The fourth-order valence-corrected chi connectivity index (χ4v) is 4.19. The number of benzene rings is 1. The van der Waals surface area contributed by atoms with Gasteiger partial charge in [-0.05, 0) is 58.5 Å². The van der Waals surface area contributed by atoms with E-state index in [4.69, 9.17) is 0 Å². The number of pyridine rings is 1. The van der Waals surface area contributed by atoms with Crippen molar-refractivity contribution in [2.75, 3.05) is 5.32 Å². The Bertz CT molecular complexity index is 1030. The number of hydrogen-bond acceptors (Lipinski definition) is 4. The first kappa shape index (κ1) is 20.8. The van der Waals surface area contributed by atoms with E-state index in [1.54, 1.807) is 6.33 Å². The summed E-state index contributed by atoms with van der Waals surface area (Å²) < 4.78 is 42.3. The maximum atomic E-state index is 13.3. The fourth-order valence-electron chi connectivity index (χ4n) is 3.86. The minimum atomic E-state index is -4.46. The van der Waals surface area contributed by atoms with Gasteiger partial charge in [-0.1, -0.05) is 18.6 Å².